The van der Waals surface area contributed by atoms with Crippen molar-refractivity contribution in [2.45, 2.75) is 38.7 Å². The van der Waals surface area contributed by atoms with Crippen LogP contribution >= 0.6 is 15.9 Å². The van der Waals surface area contributed by atoms with Gasteiger partial charge in [-0.1, -0.05) is 6.92 Å². The van der Waals surface area contributed by atoms with Gasteiger partial charge in [0, 0.05) is 25.6 Å². The molecule has 1 fully saturated rings. The molecule has 0 aliphatic carbocycles. The maximum Gasteiger partial charge on any atom is 0.133 e. The zero-order valence-electron chi connectivity index (χ0n) is 10.3. The third-order valence-corrected chi connectivity index (χ3v) is 3.61. The predicted molar refractivity (Wildman–Crippen MR) is 71.2 cm³/mol. The number of nitrogens with zero attached hydrogens (tertiary/aromatic N) is 3. The first-order valence-corrected chi connectivity index (χ1v) is 6.80. The second kappa shape index (κ2) is 4.90. The molecule has 0 aromatic carbocycles. The number of aryl methyl sites for hydroxylation is 1. The van der Waals surface area contributed by atoms with E-state index in [0.29, 0.717) is 0 Å². The van der Waals surface area contributed by atoms with E-state index >= 15 is 0 Å². The summed E-state index contributed by atoms with van der Waals surface area (Å²) in [5, 5.41) is 9.93. The van der Waals surface area contributed by atoms with Crippen LogP contribution in [0.15, 0.2) is 10.7 Å². The third-order valence-electron chi connectivity index (χ3n) is 3.21. The Balaban J connectivity index is 2.15. The fourth-order valence-electron chi connectivity index (χ4n) is 1.99. The van der Waals surface area contributed by atoms with Crippen LogP contribution in [0.25, 0.3) is 0 Å². The lowest BCUT2D eigenvalue weighted by Crippen LogP contribution is -2.42. The first kappa shape index (κ1) is 12.8. The fourth-order valence-corrected chi connectivity index (χ4v) is 2.40. The van der Waals surface area contributed by atoms with Gasteiger partial charge in [-0.25, -0.2) is 9.97 Å². The molecule has 1 N–H and O–H groups in total. The number of rotatable bonds is 2. The summed E-state index contributed by atoms with van der Waals surface area (Å²) in [6, 6.07) is 1.94. The first-order chi connectivity index (χ1) is 8.00. The lowest BCUT2D eigenvalue weighted by molar-refractivity contribution is 0.0350. The van der Waals surface area contributed by atoms with Gasteiger partial charge in [-0.3, -0.25) is 0 Å². The Morgan fingerprint density at radius 1 is 1.41 bits per heavy atom. The van der Waals surface area contributed by atoms with E-state index in [2.05, 4.69) is 30.8 Å². The van der Waals surface area contributed by atoms with Crippen molar-refractivity contribution in [2.24, 2.45) is 0 Å². The molecule has 17 heavy (non-hydrogen) atoms. The molecule has 1 aliphatic heterocycles. The maximum atomic E-state index is 9.93. The highest BCUT2D eigenvalue weighted by molar-refractivity contribution is 9.10. The van der Waals surface area contributed by atoms with Crippen LogP contribution in [0.5, 0.6) is 0 Å². The van der Waals surface area contributed by atoms with Crippen LogP contribution in [0.3, 0.4) is 0 Å². The van der Waals surface area contributed by atoms with Crippen LogP contribution in [-0.4, -0.2) is 33.8 Å². The molecule has 1 aliphatic rings. The summed E-state index contributed by atoms with van der Waals surface area (Å²) in [6.45, 7) is 5.64. The van der Waals surface area contributed by atoms with Gasteiger partial charge < -0.3 is 10.0 Å². The SMILES string of the molecule is CCc1nc(Br)cc(N2CCC(C)(O)CC2)n1. The number of aliphatic hydroxyl groups is 1. The Labute approximate surface area is 110 Å². The first-order valence-electron chi connectivity index (χ1n) is 6.01. The van der Waals surface area contributed by atoms with E-state index in [1.165, 1.54) is 0 Å². The predicted octanol–water partition coefficient (Wildman–Crippen LogP) is 2.15. The maximum absolute atomic E-state index is 9.93. The summed E-state index contributed by atoms with van der Waals surface area (Å²) in [7, 11) is 0. The van der Waals surface area contributed by atoms with Crippen LogP contribution < -0.4 is 4.90 Å². The van der Waals surface area contributed by atoms with Crippen molar-refractivity contribution in [1.29, 1.82) is 0 Å². The van der Waals surface area contributed by atoms with Crippen LogP contribution in [0.4, 0.5) is 5.82 Å². The highest BCUT2D eigenvalue weighted by Gasteiger charge is 2.28. The van der Waals surface area contributed by atoms with Crippen LogP contribution in [0.2, 0.25) is 0 Å². The molecule has 0 saturated carbocycles. The largest absolute Gasteiger partial charge is 0.390 e. The molecule has 0 bridgehead atoms. The summed E-state index contributed by atoms with van der Waals surface area (Å²) in [5.74, 6) is 1.81. The summed E-state index contributed by atoms with van der Waals surface area (Å²) in [6.07, 6.45) is 2.41. The molecule has 0 spiro atoms. The molecule has 0 unspecified atom stereocenters. The molecule has 1 aromatic rings. The fraction of sp³-hybridized carbons (Fsp3) is 0.667. The molecule has 1 saturated heterocycles. The Morgan fingerprint density at radius 2 is 2.06 bits per heavy atom. The quantitative estimate of drug-likeness (QED) is 0.850. The molecular formula is C12H18BrN3O. The van der Waals surface area contributed by atoms with Crippen molar-refractivity contribution in [3.8, 4) is 0 Å². The second-order valence-electron chi connectivity index (χ2n) is 4.80. The van der Waals surface area contributed by atoms with Gasteiger partial charge in [-0.15, -0.1) is 0 Å². The zero-order chi connectivity index (χ0) is 12.5. The minimum atomic E-state index is -0.519. The van der Waals surface area contributed by atoms with E-state index < -0.39 is 5.60 Å². The molecule has 5 heteroatoms. The molecule has 4 nitrogen and oxygen atoms in total. The minimum Gasteiger partial charge on any atom is -0.390 e. The van der Waals surface area contributed by atoms with Gasteiger partial charge in [0.1, 0.15) is 16.2 Å². The normalized spacial score (nSPS) is 19.4. The Morgan fingerprint density at radius 3 is 2.65 bits per heavy atom. The van der Waals surface area contributed by atoms with E-state index in [0.717, 1.165) is 48.6 Å². The van der Waals surface area contributed by atoms with Crippen molar-refractivity contribution in [2.75, 3.05) is 18.0 Å². The van der Waals surface area contributed by atoms with Crippen LogP contribution in [0.1, 0.15) is 32.5 Å². The molecule has 2 rings (SSSR count). The number of anilines is 1. The van der Waals surface area contributed by atoms with Gasteiger partial charge in [0.15, 0.2) is 0 Å². The Kier molecular flexibility index (Phi) is 3.68. The van der Waals surface area contributed by atoms with Gasteiger partial charge in [-0.2, -0.15) is 0 Å². The molecule has 1 aromatic heterocycles. The smallest absolute Gasteiger partial charge is 0.133 e. The minimum absolute atomic E-state index is 0.519. The van der Waals surface area contributed by atoms with Gasteiger partial charge in [0.05, 0.1) is 5.60 Å². The van der Waals surface area contributed by atoms with E-state index in [-0.39, 0.29) is 0 Å². The summed E-state index contributed by atoms with van der Waals surface area (Å²) < 4.78 is 0.830. The lowest BCUT2D eigenvalue weighted by Gasteiger charge is -2.36. The van der Waals surface area contributed by atoms with Gasteiger partial charge >= 0.3 is 0 Å². The van der Waals surface area contributed by atoms with E-state index in [1.54, 1.807) is 0 Å². The topological polar surface area (TPSA) is 49.2 Å². The molecule has 0 radical (unpaired) electrons. The number of halogens is 1. The van der Waals surface area contributed by atoms with E-state index in [1.807, 2.05) is 19.9 Å². The van der Waals surface area contributed by atoms with Gasteiger partial charge in [0.2, 0.25) is 0 Å². The van der Waals surface area contributed by atoms with Crippen LogP contribution in [0, 0.1) is 0 Å². The van der Waals surface area contributed by atoms with Crippen LogP contribution in [-0.2, 0) is 6.42 Å². The van der Waals surface area contributed by atoms with Crippen molar-refractivity contribution in [3.63, 3.8) is 0 Å². The Hall–Kier alpha value is -0.680. The zero-order valence-corrected chi connectivity index (χ0v) is 11.9. The van der Waals surface area contributed by atoms with E-state index in [9.17, 15) is 5.11 Å². The average molecular weight is 300 g/mol. The molecule has 94 valence electrons. The molecule has 2 heterocycles. The molecular weight excluding hydrogens is 282 g/mol. The summed E-state index contributed by atoms with van der Waals surface area (Å²) >= 11 is 3.42. The number of hydrogen-bond acceptors (Lipinski definition) is 4. The second-order valence-corrected chi connectivity index (χ2v) is 5.62. The van der Waals surface area contributed by atoms with Crippen molar-refractivity contribution >= 4 is 21.7 Å². The average Bonchev–Trinajstić information content (AvgIpc) is 2.28. The van der Waals surface area contributed by atoms with Crippen molar-refractivity contribution < 1.29 is 5.11 Å². The highest BCUT2D eigenvalue weighted by atomic mass is 79.9. The molecule has 0 amide bonds. The lowest BCUT2D eigenvalue weighted by atomic mass is 9.94. The monoisotopic (exact) mass is 299 g/mol. The van der Waals surface area contributed by atoms with E-state index in [4.69, 9.17) is 0 Å². The number of aromatic nitrogens is 2. The highest BCUT2D eigenvalue weighted by Crippen LogP contribution is 2.25. The Bertz CT molecular complexity index is 399. The van der Waals surface area contributed by atoms with Gasteiger partial charge in [-0.05, 0) is 35.7 Å². The summed E-state index contributed by atoms with van der Waals surface area (Å²) in [4.78, 5) is 11.0. The van der Waals surface area contributed by atoms with Crippen molar-refractivity contribution in [3.05, 3.63) is 16.5 Å². The summed E-state index contributed by atoms with van der Waals surface area (Å²) in [5.41, 5.74) is -0.519. The third kappa shape index (κ3) is 3.16. The van der Waals surface area contributed by atoms with Gasteiger partial charge in [0.25, 0.3) is 0 Å². The number of piperidine rings is 1. The standard InChI is InChI=1S/C12H18BrN3O/c1-3-10-14-9(13)8-11(15-10)16-6-4-12(2,17)5-7-16/h8,17H,3-7H2,1-2H3. The van der Waals surface area contributed by atoms with Crippen molar-refractivity contribution in [1.82, 2.24) is 9.97 Å². The number of hydrogen-bond donors (Lipinski definition) is 1. The molecule has 0 atom stereocenters.